The average molecular weight is 302 g/mol. The number of rotatable bonds is 6. The summed E-state index contributed by atoms with van der Waals surface area (Å²) in [5.41, 5.74) is 0. The fraction of sp³-hybridized carbons (Fsp3) is 0.923. The summed E-state index contributed by atoms with van der Waals surface area (Å²) in [4.78, 5) is 6.75. The highest BCUT2D eigenvalue weighted by atomic mass is 32.2. The third kappa shape index (κ3) is 5.66. The Hall–Kier alpha value is -0.820. The third-order valence-corrected chi connectivity index (χ3v) is 5.32. The van der Waals surface area contributed by atoms with Crippen LogP contribution in [-0.2, 0) is 9.84 Å². The highest BCUT2D eigenvalue weighted by Crippen LogP contribution is 2.28. The van der Waals surface area contributed by atoms with Gasteiger partial charge in [-0.05, 0) is 25.7 Å². The number of nitrogens with zero attached hydrogens (tertiary/aromatic N) is 2. The molecule has 0 unspecified atom stereocenters. The standard InChI is InChI=1S/C13H26N4O2S/c1-2-14-13(16-11-12-3-4-12)15-5-6-17-7-9-20(18,19)10-8-17/h12H,2-11H2,1H3,(H2,14,15,16). The Morgan fingerprint density at radius 3 is 2.55 bits per heavy atom. The molecule has 2 N–H and O–H groups in total. The molecule has 0 atom stereocenters. The normalized spacial score (nSPS) is 23.6. The van der Waals surface area contributed by atoms with Gasteiger partial charge in [-0.1, -0.05) is 0 Å². The summed E-state index contributed by atoms with van der Waals surface area (Å²) < 4.78 is 22.7. The SMILES string of the molecule is CCNC(=NCC1CC1)NCCN1CCS(=O)(=O)CC1. The van der Waals surface area contributed by atoms with E-state index < -0.39 is 9.84 Å². The molecule has 116 valence electrons. The molecule has 2 aliphatic rings. The van der Waals surface area contributed by atoms with Gasteiger partial charge in [0.2, 0.25) is 0 Å². The summed E-state index contributed by atoms with van der Waals surface area (Å²) >= 11 is 0. The van der Waals surface area contributed by atoms with Crippen LogP contribution in [0.25, 0.3) is 0 Å². The van der Waals surface area contributed by atoms with Gasteiger partial charge in [-0.3, -0.25) is 9.89 Å². The number of nitrogens with one attached hydrogen (secondary N) is 2. The zero-order chi connectivity index (χ0) is 14.4. The van der Waals surface area contributed by atoms with E-state index in [2.05, 4.69) is 27.4 Å². The summed E-state index contributed by atoms with van der Waals surface area (Å²) in [6, 6.07) is 0. The van der Waals surface area contributed by atoms with Gasteiger partial charge in [-0.15, -0.1) is 0 Å². The second-order valence-corrected chi connectivity index (χ2v) is 7.89. The van der Waals surface area contributed by atoms with Gasteiger partial charge in [0.05, 0.1) is 11.5 Å². The largest absolute Gasteiger partial charge is 0.357 e. The van der Waals surface area contributed by atoms with Crippen molar-refractivity contribution >= 4 is 15.8 Å². The van der Waals surface area contributed by atoms with Gasteiger partial charge in [0.15, 0.2) is 15.8 Å². The first-order chi connectivity index (χ1) is 9.59. The van der Waals surface area contributed by atoms with Crippen LogP contribution in [0.2, 0.25) is 0 Å². The van der Waals surface area contributed by atoms with Gasteiger partial charge in [-0.2, -0.15) is 0 Å². The molecule has 6 nitrogen and oxygen atoms in total. The number of hydrogen-bond acceptors (Lipinski definition) is 4. The first-order valence-electron chi connectivity index (χ1n) is 7.54. The number of aliphatic imine (C=N–C) groups is 1. The molecule has 0 aromatic rings. The van der Waals surface area contributed by atoms with Crippen LogP contribution in [0.5, 0.6) is 0 Å². The van der Waals surface area contributed by atoms with Crippen LogP contribution in [0.1, 0.15) is 19.8 Å². The molecule has 2 fully saturated rings. The van der Waals surface area contributed by atoms with Crippen molar-refractivity contribution in [3.8, 4) is 0 Å². The minimum absolute atomic E-state index is 0.294. The van der Waals surface area contributed by atoms with Crippen molar-refractivity contribution in [3.63, 3.8) is 0 Å². The summed E-state index contributed by atoms with van der Waals surface area (Å²) in [7, 11) is -2.78. The van der Waals surface area contributed by atoms with E-state index in [0.29, 0.717) is 24.6 Å². The Kier molecular flexibility index (Phi) is 5.65. The summed E-state index contributed by atoms with van der Waals surface area (Å²) in [5, 5.41) is 6.56. The van der Waals surface area contributed by atoms with Gasteiger partial charge in [0, 0.05) is 39.3 Å². The van der Waals surface area contributed by atoms with Crippen molar-refractivity contribution in [1.82, 2.24) is 15.5 Å². The quantitative estimate of drug-likeness (QED) is 0.520. The van der Waals surface area contributed by atoms with Crippen LogP contribution in [0.15, 0.2) is 4.99 Å². The Balaban J connectivity index is 1.66. The molecule has 0 radical (unpaired) electrons. The molecule has 2 rings (SSSR count). The molecule has 1 saturated carbocycles. The second kappa shape index (κ2) is 7.26. The molecule has 1 saturated heterocycles. The summed E-state index contributed by atoms with van der Waals surface area (Å²) in [6.07, 6.45) is 2.62. The predicted molar refractivity (Wildman–Crippen MR) is 81.8 cm³/mol. The van der Waals surface area contributed by atoms with Gasteiger partial charge < -0.3 is 10.6 Å². The van der Waals surface area contributed by atoms with Crippen molar-refractivity contribution in [2.75, 3.05) is 50.8 Å². The molecular weight excluding hydrogens is 276 g/mol. The molecule has 0 aromatic carbocycles. The molecule has 1 aliphatic carbocycles. The highest BCUT2D eigenvalue weighted by Gasteiger charge is 2.21. The van der Waals surface area contributed by atoms with Crippen LogP contribution < -0.4 is 10.6 Å². The van der Waals surface area contributed by atoms with Gasteiger partial charge in [0.25, 0.3) is 0 Å². The molecule has 1 aliphatic heterocycles. The number of guanidine groups is 1. The van der Waals surface area contributed by atoms with E-state index in [1.165, 1.54) is 12.8 Å². The maximum atomic E-state index is 11.3. The van der Waals surface area contributed by atoms with Crippen LogP contribution in [0.3, 0.4) is 0 Å². The number of hydrogen-bond donors (Lipinski definition) is 2. The zero-order valence-corrected chi connectivity index (χ0v) is 13.1. The van der Waals surface area contributed by atoms with Crippen molar-refractivity contribution < 1.29 is 8.42 Å². The molecule has 0 amide bonds. The molecule has 7 heteroatoms. The van der Waals surface area contributed by atoms with Crippen molar-refractivity contribution in [3.05, 3.63) is 0 Å². The highest BCUT2D eigenvalue weighted by molar-refractivity contribution is 7.91. The van der Waals surface area contributed by atoms with Crippen LogP contribution in [-0.4, -0.2) is 70.1 Å². The minimum Gasteiger partial charge on any atom is -0.357 e. The summed E-state index contributed by atoms with van der Waals surface area (Å²) in [5.74, 6) is 2.26. The fourth-order valence-corrected chi connectivity index (χ4v) is 3.45. The Morgan fingerprint density at radius 2 is 1.95 bits per heavy atom. The van der Waals surface area contributed by atoms with E-state index in [4.69, 9.17) is 0 Å². The molecule has 0 bridgehead atoms. The minimum atomic E-state index is -2.78. The van der Waals surface area contributed by atoms with Gasteiger partial charge in [-0.25, -0.2) is 8.42 Å². The van der Waals surface area contributed by atoms with E-state index in [1.807, 2.05) is 0 Å². The van der Waals surface area contributed by atoms with Gasteiger partial charge >= 0.3 is 0 Å². The monoisotopic (exact) mass is 302 g/mol. The van der Waals surface area contributed by atoms with Crippen LogP contribution in [0, 0.1) is 5.92 Å². The maximum absolute atomic E-state index is 11.3. The van der Waals surface area contributed by atoms with E-state index in [9.17, 15) is 8.42 Å². The zero-order valence-electron chi connectivity index (χ0n) is 12.3. The average Bonchev–Trinajstić information content (AvgIpc) is 3.22. The van der Waals surface area contributed by atoms with E-state index in [0.717, 1.165) is 38.1 Å². The lowest BCUT2D eigenvalue weighted by molar-refractivity contribution is 0.299. The lowest BCUT2D eigenvalue weighted by Crippen LogP contribution is -2.46. The predicted octanol–water partition coefficient (Wildman–Crippen LogP) is -0.318. The van der Waals surface area contributed by atoms with E-state index in [1.54, 1.807) is 0 Å². The third-order valence-electron chi connectivity index (χ3n) is 3.71. The topological polar surface area (TPSA) is 73.8 Å². The van der Waals surface area contributed by atoms with Gasteiger partial charge in [0.1, 0.15) is 0 Å². The first-order valence-corrected chi connectivity index (χ1v) is 9.36. The molecule has 1 heterocycles. The Labute approximate surface area is 121 Å². The van der Waals surface area contributed by atoms with Crippen molar-refractivity contribution in [2.45, 2.75) is 19.8 Å². The van der Waals surface area contributed by atoms with Crippen LogP contribution >= 0.6 is 0 Å². The molecule has 0 spiro atoms. The maximum Gasteiger partial charge on any atom is 0.191 e. The Bertz CT molecular complexity index is 418. The van der Waals surface area contributed by atoms with Crippen LogP contribution in [0.4, 0.5) is 0 Å². The van der Waals surface area contributed by atoms with E-state index >= 15 is 0 Å². The smallest absolute Gasteiger partial charge is 0.191 e. The molecular formula is C13H26N4O2S. The second-order valence-electron chi connectivity index (χ2n) is 5.58. The Morgan fingerprint density at radius 1 is 1.25 bits per heavy atom. The van der Waals surface area contributed by atoms with E-state index in [-0.39, 0.29) is 0 Å². The number of sulfone groups is 1. The lowest BCUT2D eigenvalue weighted by atomic mass is 10.4. The fourth-order valence-electron chi connectivity index (χ4n) is 2.17. The van der Waals surface area contributed by atoms with Crippen molar-refractivity contribution in [2.24, 2.45) is 10.9 Å². The molecule has 0 aromatic heterocycles. The van der Waals surface area contributed by atoms with Crippen molar-refractivity contribution in [1.29, 1.82) is 0 Å². The first kappa shape index (κ1) is 15.6. The molecule has 20 heavy (non-hydrogen) atoms. The summed E-state index contributed by atoms with van der Waals surface area (Å²) in [6.45, 7) is 6.80. The lowest BCUT2D eigenvalue weighted by Gasteiger charge is -2.26.